The predicted molar refractivity (Wildman–Crippen MR) is 71.6 cm³/mol. The summed E-state index contributed by atoms with van der Waals surface area (Å²) >= 11 is 0. The molecule has 12 nitrogen and oxygen atoms in total. The van der Waals surface area contributed by atoms with E-state index in [-0.39, 0.29) is 5.84 Å². The molecule has 0 aromatic heterocycles. The molecule has 0 amide bonds. The monoisotopic (exact) mass is 399 g/mol. The zero-order chi connectivity index (χ0) is 19.8. The molecule has 0 aromatic carbocycles. The van der Waals surface area contributed by atoms with Crippen molar-refractivity contribution in [3.63, 3.8) is 0 Å². The van der Waals surface area contributed by atoms with E-state index in [1.165, 1.54) is 12.3 Å². The Balaban J connectivity index is 1.66. The number of aliphatic hydroxyl groups is 1. The van der Waals surface area contributed by atoms with Crippen LogP contribution in [0.4, 0.5) is 22.8 Å². The lowest BCUT2D eigenvalue weighted by Crippen LogP contribution is -2.47. The number of hydroxylamine groups is 1. The van der Waals surface area contributed by atoms with Crippen LogP contribution in [0.3, 0.4) is 0 Å². The molecule has 0 aliphatic carbocycles. The third-order valence-electron chi connectivity index (χ3n) is 3.65. The van der Waals surface area contributed by atoms with Gasteiger partial charge in [0.1, 0.15) is 12.7 Å². The number of aliphatic imine (C=N–C) groups is 1. The molecule has 2 saturated heterocycles. The number of nitrogens with one attached hydrogen (secondary N) is 1. The van der Waals surface area contributed by atoms with E-state index >= 15 is 0 Å². The summed E-state index contributed by atoms with van der Waals surface area (Å²) in [6, 6.07) is 0. The summed E-state index contributed by atoms with van der Waals surface area (Å²) in [6.45, 7) is -0.746. The Morgan fingerprint density at radius 1 is 1.37 bits per heavy atom. The third kappa shape index (κ3) is 4.15. The van der Waals surface area contributed by atoms with E-state index in [9.17, 15) is 27.9 Å². The molecular weight excluding hydrogens is 387 g/mol. The second kappa shape index (κ2) is 7.09. The maximum absolute atomic E-state index is 12.0. The molecule has 0 spiro atoms. The second-order valence-electron chi connectivity index (χ2n) is 5.32. The highest BCUT2D eigenvalue weighted by Gasteiger charge is 2.57. The van der Waals surface area contributed by atoms with Gasteiger partial charge in [0.15, 0.2) is 24.3 Å². The molecule has 3 N–H and O–H groups in total. The van der Waals surface area contributed by atoms with Gasteiger partial charge in [0.25, 0.3) is 0 Å². The van der Waals surface area contributed by atoms with Crippen molar-refractivity contribution in [1.82, 2.24) is 10.4 Å². The smallest absolute Gasteiger partial charge is 0.431 e. The number of carbonyl (C=O) groups is 2. The van der Waals surface area contributed by atoms with Crippen LogP contribution in [-0.4, -0.2) is 77.2 Å². The van der Waals surface area contributed by atoms with Crippen LogP contribution < -0.4 is 5.48 Å². The van der Waals surface area contributed by atoms with Gasteiger partial charge >= 0.3 is 18.7 Å². The highest BCUT2D eigenvalue weighted by atomic mass is 19.4. The van der Waals surface area contributed by atoms with Gasteiger partial charge < -0.3 is 33.7 Å². The first-order chi connectivity index (χ1) is 12.7. The summed E-state index contributed by atoms with van der Waals surface area (Å²) in [4.78, 5) is 27.1. The molecule has 2 fully saturated rings. The number of ether oxygens (including phenoxy) is 5. The number of fused-ring (bicyclic) bond motifs is 1. The minimum absolute atomic E-state index is 0.0669. The van der Waals surface area contributed by atoms with Crippen LogP contribution in [0.1, 0.15) is 0 Å². The van der Waals surface area contributed by atoms with Crippen molar-refractivity contribution in [2.24, 2.45) is 4.99 Å². The van der Waals surface area contributed by atoms with Gasteiger partial charge in [-0.2, -0.15) is 0 Å². The lowest BCUT2D eigenvalue weighted by Gasteiger charge is -2.33. The molecular formula is C12H12F3N3O9. The predicted octanol–water partition coefficient (Wildman–Crippen LogP) is -0.229. The average Bonchev–Trinajstić information content (AvgIpc) is 3.09. The summed E-state index contributed by atoms with van der Waals surface area (Å²) in [7, 11) is 0. The maximum atomic E-state index is 12.0. The van der Waals surface area contributed by atoms with Crippen molar-refractivity contribution < 1.29 is 56.8 Å². The molecule has 3 rings (SSSR count). The van der Waals surface area contributed by atoms with Gasteiger partial charge in [0.05, 0.1) is 0 Å². The molecule has 0 saturated carbocycles. The molecule has 0 aromatic rings. The van der Waals surface area contributed by atoms with Gasteiger partial charge in [-0.15, -0.1) is 13.2 Å². The summed E-state index contributed by atoms with van der Waals surface area (Å²) < 4.78 is 58.5. The SMILES string of the molecule is O=C1O[C@@H]2[C@H](O1)[C@@H](COC(=O)OC(F)(F)F)O[C@H]2N1C=CC(NO)=NC1O. The zero-order valence-electron chi connectivity index (χ0n) is 13.0. The first kappa shape index (κ1) is 19.0. The van der Waals surface area contributed by atoms with E-state index in [0.717, 1.165) is 4.90 Å². The van der Waals surface area contributed by atoms with Crippen molar-refractivity contribution in [2.45, 2.75) is 37.3 Å². The van der Waals surface area contributed by atoms with E-state index in [1.54, 1.807) is 5.48 Å². The largest absolute Gasteiger partial charge is 0.577 e. The molecule has 3 aliphatic heterocycles. The fourth-order valence-electron chi connectivity index (χ4n) is 2.62. The van der Waals surface area contributed by atoms with E-state index in [4.69, 9.17) is 19.4 Å². The van der Waals surface area contributed by atoms with Crippen LogP contribution in [0.25, 0.3) is 0 Å². The van der Waals surface area contributed by atoms with Gasteiger partial charge in [0.2, 0.25) is 6.35 Å². The van der Waals surface area contributed by atoms with Gasteiger partial charge in [-0.3, -0.25) is 10.7 Å². The van der Waals surface area contributed by atoms with Crippen molar-refractivity contribution >= 4 is 18.1 Å². The molecule has 0 radical (unpaired) electrons. The minimum Gasteiger partial charge on any atom is -0.431 e. The highest BCUT2D eigenvalue weighted by molar-refractivity contribution is 5.92. The van der Waals surface area contributed by atoms with Crippen LogP contribution in [0, 0.1) is 0 Å². The Morgan fingerprint density at radius 2 is 2.07 bits per heavy atom. The molecule has 150 valence electrons. The fourth-order valence-corrected chi connectivity index (χ4v) is 2.62. The number of rotatable bonds is 3. The van der Waals surface area contributed by atoms with Crippen molar-refractivity contribution in [1.29, 1.82) is 0 Å². The molecule has 3 heterocycles. The number of carbonyl (C=O) groups excluding carboxylic acids is 2. The van der Waals surface area contributed by atoms with Crippen LogP contribution in [-0.2, 0) is 23.7 Å². The van der Waals surface area contributed by atoms with Gasteiger partial charge in [-0.1, -0.05) is 0 Å². The van der Waals surface area contributed by atoms with Gasteiger partial charge in [-0.05, 0) is 6.08 Å². The lowest BCUT2D eigenvalue weighted by atomic mass is 10.1. The molecule has 1 unspecified atom stereocenters. The summed E-state index contributed by atoms with van der Waals surface area (Å²) in [5.41, 5.74) is 1.72. The minimum atomic E-state index is -5.22. The van der Waals surface area contributed by atoms with Crippen LogP contribution in [0.5, 0.6) is 0 Å². The topological polar surface area (TPSA) is 148 Å². The second-order valence-corrected chi connectivity index (χ2v) is 5.32. The van der Waals surface area contributed by atoms with E-state index < -0.39 is 56.2 Å². The lowest BCUT2D eigenvalue weighted by molar-refractivity contribution is -0.299. The van der Waals surface area contributed by atoms with E-state index in [2.05, 4.69) is 14.5 Å². The Labute approximate surface area is 147 Å². The van der Waals surface area contributed by atoms with Crippen molar-refractivity contribution in [3.05, 3.63) is 12.3 Å². The number of amidine groups is 1. The third-order valence-corrected chi connectivity index (χ3v) is 3.65. The Hall–Kier alpha value is -2.78. The highest BCUT2D eigenvalue weighted by Crippen LogP contribution is 2.35. The Kier molecular flexibility index (Phi) is 4.99. The van der Waals surface area contributed by atoms with Crippen LogP contribution in [0.15, 0.2) is 17.3 Å². The number of nitrogens with zero attached hydrogens (tertiary/aromatic N) is 2. The van der Waals surface area contributed by atoms with Crippen molar-refractivity contribution in [2.75, 3.05) is 6.61 Å². The number of aliphatic hydroxyl groups excluding tert-OH is 1. The summed E-state index contributed by atoms with van der Waals surface area (Å²) in [5.74, 6) is -0.0669. The zero-order valence-corrected chi connectivity index (χ0v) is 13.0. The number of hydrogen-bond acceptors (Lipinski definition) is 12. The Morgan fingerprint density at radius 3 is 2.70 bits per heavy atom. The van der Waals surface area contributed by atoms with Gasteiger partial charge in [-0.25, -0.2) is 14.6 Å². The van der Waals surface area contributed by atoms with E-state index in [0.29, 0.717) is 0 Å². The quantitative estimate of drug-likeness (QED) is 0.427. The van der Waals surface area contributed by atoms with Crippen LogP contribution in [0.2, 0.25) is 0 Å². The maximum Gasteiger partial charge on any atom is 0.577 e. The van der Waals surface area contributed by atoms with Crippen LogP contribution >= 0.6 is 0 Å². The molecule has 3 aliphatic rings. The fraction of sp³-hybridized carbons (Fsp3) is 0.583. The molecule has 27 heavy (non-hydrogen) atoms. The molecule has 5 atom stereocenters. The van der Waals surface area contributed by atoms with Crippen molar-refractivity contribution in [3.8, 4) is 0 Å². The number of hydrogen-bond donors (Lipinski definition) is 3. The average molecular weight is 399 g/mol. The van der Waals surface area contributed by atoms with E-state index in [1.807, 2.05) is 0 Å². The Bertz CT molecular complexity index is 670. The van der Waals surface area contributed by atoms with Gasteiger partial charge in [0, 0.05) is 6.20 Å². The number of alkyl halides is 3. The number of halogens is 3. The normalized spacial score (nSPS) is 32.3. The summed E-state index contributed by atoms with van der Waals surface area (Å²) in [6.07, 6.45) is -11.9. The first-order valence-corrected chi connectivity index (χ1v) is 7.25. The standard InChI is InChI=1S/C12H12F3N3O9/c13-12(14,15)27-10(20)23-3-4-6-7(26-11(21)25-6)8(24-4)18-2-1-5(17-22)16-9(18)19/h1-2,4,6-9,19,22H,3H2,(H,16,17)/t4-,6-,7-,8-,9?/m1/s1. The molecule has 0 bridgehead atoms. The molecule has 15 heteroatoms. The first-order valence-electron chi connectivity index (χ1n) is 7.25. The summed E-state index contributed by atoms with van der Waals surface area (Å²) in [5, 5.41) is 18.8.